The lowest BCUT2D eigenvalue weighted by atomic mass is 10.0. The molecule has 0 radical (unpaired) electrons. The van der Waals surface area contributed by atoms with Crippen LogP contribution < -0.4 is 5.32 Å². The molecule has 6 nitrogen and oxygen atoms in total. The molecule has 0 aliphatic rings. The summed E-state index contributed by atoms with van der Waals surface area (Å²) in [6.45, 7) is 4.89. The Balaban J connectivity index is 3.43. The average molecular weight is 917 g/mol. The number of hydrogen-bond donors (Lipinski definition) is 3. The minimum Gasteiger partial charge on any atom is -0.466 e. The van der Waals surface area contributed by atoms with Crippen LogP contribution in [0.15, 0.2) is 24.3 Å². The first kappa shape index (κ1) is 63.3. The van der Waals surface area contributed by atoms with Gasteiger partial charge in [-0.3, -0.25) is 9.59 Å². The Bertz CT molecular complexity index is 1010. The monoisotopic (exact) mass is 916 g/mol. The number of nitrogens with one attached hydrogen (secondary N) is 1. The highest BCUT2D eigenvalue weighted by molar-refractivity contribution is 5.76. The maximum Gasteiger partial charge on any atom is 0.305 e. The molecule has 0 aromatic rings. The summed E-state index contributed by atoms with van der Waals surface area (Å²) in [7, 11) is 0. The van der Waals surface area contributed by atoms with E-state index in [4.69, 9.17) is 4.74 Å². The second kappa shape index (κ2) is 54.9. The van der Waals surface area contributed by atoms with E-state index < -0.39 is 12.1 Å². The van der Waals surface area contributed by atoms with Gasteiger partial charge in [-0.2, -0.15) is 0 Å². The van der Waals surface area contributed by atoms with Gasteiger partial charge < -0.3 is 20.3 Å². The molecule has 0 bridgehead atoms. The van der Waals surface area contributed by atoms with Crippen LogP contribution in [-0.2, 0) is 14.3 Å². The number of carbonyl (C=O) groups excluding carboxylic acids is 2. The molecule has 2 unspecified atom stereocenters. The molecule has 0 aliphatic carbocycles. The molecule has 0 aromatic carbocycles. The summed E-state index contributed by atoms with van der Waals surface area (Å²) in [6.07, 6.45) is 66.2. The summed E-state index contributed by atoms with van der Waals surface area (Å²) in [5.74, 6) is -0.0703. The van der Waals surface area contributed by atoms with Crippen LogP contribution in [0.1, 0.15) is 316 Å². The molecule has 6 heteroatoms. The number of carbonyl (C=O) groups is 2. The van der Waals surface area contributed by atoms with Crippen molar-refractivity contribution in [2.45, 2.75) is 328 Å². The molecule has 65 heavy (non-hydrogen) atoms. The first-order chi connectivity index (χ1) is 32.0. The largest absolute Gasteiger partial charge is 0.466 e. The van der Waals surface area contributed by atoms with Crippen molar-refractivity contribution in [2.24, 2.45) is 0 Å². The Morgan fingerprint density at radius 3 is 1.11 bits per heavy atom. The molecule has 0 aromatic heterocycles. The molecular formula is C59H113NO5. The van der Waals surface area contributed by atoms with E-state index in [0.717, 1.165) is 44.9 Å². The number of esters is 1. The third-order valence-electron chi connectivity index (χ3n) is 13.5. The van der Waals surface area contributed by atoms with Crippen LogP contribution >= 0.6 is 0 Å². The van der Waals surface area contributed by atoms with Gasteiger partial charge in [0.15, 0.2) is 0 Å². The SMILES string of the molecule is CCCCCC/C=C\CCCCCCCC(=O)OCCCCCCCCCCCCCCCCCCCCCC(=O)NC(CO)C(O)/C=C/CCCCCCCCCCCCCCCC. The quantitative estimate of drug-likeness (QED) is 0.0321. The normalized spacial score (nSPS) is 12.7. The second-order valence-electron chi connectivity index (χ2n) is 20.0. The first-order valence-corrected chi connectivity index (χ1v) is 29.1. The van der Waals surface area contributed by atoms with Crippen molar-refractivity contribution < 1.29 is 24.5 Å². The highest BCUT2D eigenvalue weighted by atomic mass is 16.5. The Labute approximate surface area is 405 Å². The average Bonchev–Trinajstić information content (AvgIpc) is 3.31. The van der Waals surface area contributed by atoms with Gasteiger partial charge in [0.25, 0.3) is 0 Å². The molecular weight excluding hydrogens is 803 g/mol. The van der Waals surface area contributed by atoms with Crippen molar-refractivity contribution in [1.29, 1.82) is 0 Å². The van der Waals surface area contributed by atoms with E-state index in [-0.39, 0.29) is 18.5 Å². The minimum absolute atomic E-state index is 0.000828. The number of aliphatic hydroxyl groups is 2. The highest BCUT2D eigenvalue weighted by Crippen LogP contribution is 2.17. The zero-order chi connectivity index (χ0) is 47.2. The summed E-state index contributed by atoms with van der Waals surface area (Å²) in [6, 6.07) is -0.630. The van der Waals surface area contributed by atoms with E-state index >= 15 is 0 Å². The van der Waals surface area contributed by atoms with Crippen LogP contribution in [0.3, 0.4) is 0 Å². The molecule has 1 amide bonds. The Hall–Kier alpha value is -1.66. The van der Waals surface area contributed by atoms with Crippen LogP contribution in [0.5, 0.6) is 0 Å². The lowest BCUT2D eigenvalue weighted by Crippen LogP contribution is -2.45. The third-order valence-corrected chi connectivity index (χ3v) is 13.5. The first-order valence-electron chi connectivity index (χ1n) is 29.1. The number of allylic oxidation sites excluding steroid dienone is 3. The van der Waals surface area contributed by atoms with Crippen LogP contribution in [0, 0.1) is 0 Å². The van der Waals surface area contributed by atoms with E-state index in [1.807, 2.05) is 6.08 Å². The van der Waals surface area contributed by atoms with E-state index in [1.54, 1.807) is 6.08 Å². The molecule has 0 saturated heterocycles. The molecule has 0 saturated carbocycles. The van der Waals surface area contributed by atoms with Crippen LogP contribution in [0.2, 0.25) is 0 Å². The minimum atomic E-state index is -0.846. The summed E-state index contributed by atoms with van der Waals surface area (Å²) in [5.41, 5.74) is 0. The fourth-order valence-electron chi connectivity index (χ4n) is 8.98. The van der Waals surface area contributed by atoms with Crippen molar-refractivity contribution in [1.82, 2.24) is 5.32 Å². The molecule has 0 heterocycles. The number of hydrogen-bond acceptors (Lipinski definition) is 5. The van der Waals surface area contributed by atoms with Crippen LogP contribution in [0.25, 0.3) is 0 Å². The lowest BCUT2D eigenvalue weighted by molar-refractivity contribution is -0.143. The van der Waals surface area contributed by atoms with Gasteiger partial charge >= 0.3 is 5.97 Å². The van der Waals surface area contributed by atoms with Gasteiger partial charge in [-0.25, -0.2) is 0 Å². The van der Waals surface area contributed by atoms with Crippen LogP contribution in [0.4, 0.5) is 0 Å². The predicted molar refractivity (Wildman–Crippen MR) is 283 cm³/mol. The standard InChI is InChI=1S/C59H113NO5/c1-3-5-7-9-11-13-15-17-18-24-28-31-35-39-43-47-51-57(62)56(55-61)60-58(63)52-48-44-40-36-32-29-25-22-20-19-21-23-26-30-34-38-42-46-50-54-65-59(64)53-49-45-41-37-33-27-16-14-12-10-8-6-4-2/h14,16,47,51,56-57,61-62H,3-13,15,17-46,48-50,52-55H2,1-2H3,(H,60,63)/b16-14-,51-47+. The van der Waals surface area contributed by atoms with Crippen LogP contribution in [-0.4, -0.2) is 47.4 Å². The maximum absolute atomic E-state index is 12.5. The van der Waals surface area contributed by atoms with E-state index in [9.17, 15) is 19.8 Å². The predicted octanol–water partition coefficient (Wildman–Crippen LogP) is 17.9. The maximum atomic E-state index is 12.5. The van der Waals surface area contributed by atoms with Crippen molar-refractivity contribution in [3.8, 4) is 0 Å². The van der Waals surface area contributed by atoms with Gasteiger partial charge in [-0.05, 0) is 57.8 Å². The molecule has 0 rings (SSSR count). The summed E-state index contributed by atoms with van der Waals surface area (Å²) in [4.78, 5) is 24.5. The summed E-state index contributed by atoms with van der Waals surface area (Å²) >= 11 is 0. The number of rotatable bonds is 54. The molecule has 0 spiro atoms. The smallest absolute Gasteiger partial charge is 0.305 e. The highest BCUT2D eigenvalue weighted by Gasteiger charge is 2.18. The Morgan fingerprint density at radius 1 is 0.415 bits per heavy atom. The number of amides is 1. The van der Waals surface area contributed by atoms with Gasteiger partial charge in [0, 0.05) is 12.8 Å². The number of ether oxygens (including phenoxy) is 1. The summed E-state index contributed by atoms with van der Waals surface area (Å²) in [5, 5.41) is 23.1. The Morgan fingerprint density at radius 2 is 0.723 bits per heavy atom. The van der Waals surface area contributed by atoms with Crippen molar-refractivity contribution in [2.75, 3.05) is 13.2 Å². The van der Waals surface area contributed by atoms with Gasteiger partial charge in [-0.1, -0.05) is 269 Å². The summed E-state index contributed by atoms with van der Waals surface area (Å²) < 4.78 is 5.47. The fraction of sp³-hybridized carbons (Fsp3) is 0.898. The van der Waals surface area contributed by atoms with Gasteiger partial charge in [0.2, 0.25) is 5.91 Å². The van der Waals surface area contributed by atoms with Crippen molar-refractivity contribution in [3.05, 3.63) is 24.3 Å². The van der Waals surface area contributed by atoms with E-state index in [0.29, 0.717) is 19.4 Å². The third kappa shape index (κ3) is 51.6. The molecule has 0 fully saturated rings. The molecule has 0 aliphatic heterocycles. The second-order valence-corrected chi connectivity index (χ2v) is 20.0. The number of unbranched alkanes of at least 4 members (excludes halogenated alkanes) is 41. The van der Waals surface area contributed by atoms with Gasteiger partial charge in [-0.15, -0.1) is 0 Å². The van der Waals surface area contributed by atoms with Gasteiger partial charge in [0.1, 0.15) is 0 Å². The fourth-order valence-corrected chi connectivity index (χ4v) is 8.98. The molecule has 2 atom stereocenters. The molecule has 3 N–H and O–H groups in total. The Kier molecular flexibility index (Phi) is 53.5. The van der Waals surface area contributed by atoms with Gasteiger partial charge in [0.05, 0.1) is 25.4 Å². The zero-order valence-corrected chi connectivity index (χ0v) is 43.7. The van der Waals surface area contributed by atoms with E-state index in [1.165, 1.54) is 244 Å². The van der Waals surface area contributed by atoms with Crippen molar-refractivity contribution >= 4 is 11.9 Å². The van der Waals surface area contributed by atoms with E-state index in [2.05, 4.69) is 31.3 Å². The van der Waals surface area contributed by atoms with Crippen molar-refractivity contribution in [3.63, 3.8) is 0 Å². The molecule has 384 valence electrons. The lowest BCUT2D eigenvalue weighted by Gasteiger charge is -2.20. The zero-order valence-electron chi connectivity index (χ0n) is 43.7. The topological polar surface area (TPSA) is 95.9 Å². The number of aliphatic hydroxyl groups excluding tert-OH is 2.